The molecule has 7 nitrogen and oxygen atoms in total. The van der Waals surface area contributed by atoms with Crippen molar-refractivity contribution in [1.29, 1.82) is 0 Å². The molecule has 1 aromatic carbocycles. The van der Waals surface area contributed by atoms with Gasteiger partial charge in [-0.3, -0.25) is 4.79 Å². The van der Waals surface area contributed by atoms with Crippen LogP contribution >= 0.6 is 0 Å². The number of nitrogens with zero attached hydrogens (tertiary/aromatic N) is 2. The number of likely N-dealkylation sites (N-methyl/N-ethyl adjacent to an activating group) is 2. The highest BCUT2D eigenvalue weighted by Crippen LogP contribution is 2.18. The number of rotatable bonds is 5. The standard InChI is InChI=1S/C15H20N4O3/c1-16-12-7-17-9-19(2)14(12)15(22)18-13(8-20)10-3-5-11(21)6-4-10/h3-7,9,13-14,16,20-21H,8H2,1-2H3,(H,18,22). The van der Waals surface area contributed by atoms with Crippen LogP contribution in [-0.4, -0.2) is 54.1 Å². The topological polar surface area (TPSA) is 97.2 Å². The van der Waals surface area contributed by atoms with E-state index in [0.717, 1.165) is 5.56 Å². The van der Waals surface area contributed by atoms with Gasteiger partial charge in [-0.05, 0) is 17.7 Å². The average molecular weight is 304 g/mol. The second-order valence-electron chi connectivity index (χ2n) is 5.00. The van der Waals surface area contributed by atoms with Gasteiger partial charge in [0.15, 0.2) is 6.04 Å². The first kappa shape index (κ1) is 15.8. The van der Waals surface area contributed by atoms with Gasteiger partial charge in [0.2, 0.25) is 5.91 Å². The van der Waals surface area contributed by atoms with Crippen LogP contribution in [0.3, 0.4) is 0 Å². The van der Waals surface area contributed by atoms with E-state index in [0.29, 0.717) is 5.70 Å². The summed E-state index contributed by atoms with van der Waals surface area (Å²) in [6, 6.07) is 5.28. The number of benzene rings is 1. The molecule has 0 saturated heterocycles. The number of aliphatic hydroxyl groups is 1. The second-order valence-corrected chi connectivity index (χ2v) is 5.00. The summed E-state index contributed by atoms with van der Waals surface area (Å²) in [6.07, 6.45) is 3.17. The van der Waals surface area contributed by atoms with Gasteiger partial charge in [0, 0.05) is 14.1 Å². The molecule has 1 heterocycles. The van der Waals surface area contributed by atoms with Gasteiger partial charge in [0.05, 0.1) is 30.9 Å². The zero-order chi connectivity index (χ0) is 16.1. The van der Waals surface area contributed by atoms with E-state index in [4.69, 9.17) is 0 Å². The Balaban J connectivity index is 2.13. The van der Waals surface area contributed by atoms with Crippen LogP contribution in [0.5, 0.6) is 5.75 Å². The number of aliphatic imine (C=N–C) groups is 1. The van der Waals surface area contributed by atoms with Crippen LogP contribution in [0, 0.1) is 0 Å². The molecule has 22 heavy (non-hydrogen) atoms. The Bertz CT molecular complexity index is 583. The minimum Gasteiger partial charge on any atom is -0.508 e. The Labute approximate surface area is 129 Å². The Hall–Kier alpha value is -2.54. The molecule has 1 amide bonds. The lowest BCUT2D eigenvalue weighted by molar-refractivity contribution is -0.124. The molecule has 118 valence electrons. The molecule has 0 spiro atoms. The van der Waals surface area contributed by atoms with Gasteiger partial charge < -0.3 is 25.7 Å². The van der Waals surface area contributed by atoms with Crippen molar-refractivity contribution in [3.63, 3.8) is 0 Å². The molecule has 1 aromatic rings. The first-order valence-corrected chi connectivity index (χ1v) is 6.90. The third-order valence-corrected chi connectivity index (χ3v) is 3.50. The Morgan fingerprint density at radius 3 is 2.68 bits per heavy atom. The lowest BCUT2D eigenvalue weighted by Crippen LogP contribution is -2.50. The number of carbonyl (C=O) groups is 1. The molecular formula is C15H20N4O3. The summed E-state index contributed by atoms with van der Waals surface area (Å²) in [4.78, 5) is 18.2. The highest BCUT2D eigenvalue weighted by Gasteiger charge is 2.29. The number of phenolic OH excluding ortho intramolecular Hbond substituents is 1. The smallest absolute Gasteiger partial charge is 0.249 e. The van der Waals surface area contributed by atoms with E-state index in [2.05, 4.69) is 15.6 Å². The van der Waals surface area contributed by atoms with Crippen molar-refractivity contribution in [2.45, 2.75) is 12.1 Å². The zero-order valence-electron chi connectivity index (χ0n) is 12.5. The van der Waals surface area contributed by atoms with Crippen molar-refractivity contribution in [1.82, 2.24) is 15.5 Å². The number of hydrogen-bond acceptors (Lipinski definition) is 6. The Morgan fingerprint density at radius 2 is 2.09 bits per heavy atom. The Kier molecular flexibility index (Phi) is 5.00. The third-order valence-electron chi connectivity index (χ3n) is 3.50. The van der Waals surface area contributed by atoms with Crippen LogP contribution in [-0.2, 0) is 4.79 Å². The van der Waals surface area contributed by atoms with Crippen molar-refractivity contribution in [3.8, 4) is 5.75 Å². The van der Waals surface area contributed by atoms with E-state index in [-0.39, 0.29) is 18.3 Å². The van der Waals surface area contributed by atoms with E-state index in [1.54, 1.807) is 43.7 Å². The fraction of sp³-hybridized carbons (Fsp3) is 0.333. The van der Waals surface area contributed by atoms with Gasteiger partial charge in [0.1, 0.15) is 5.75 Å². The minimum absolute atomic E-state index is 0.135. The molecule has 0 bridgehead atoms. The van der Waals surface area contributed by atoms with Gasteiger partial charge in [-0.15, -0.1) is 0 Å². The molecule has 1 aliphatic rings. The molecule has 0 aliphatic carbocycles. The first-order chi connectivity index (χ1) is 10.6. The summed E-state index contributed by atoms with van der Waals surface area (Å²) in [5, 5.41) is 24.6. The van der Waals surface area contributed by atoms with Crippen LogP contribution in [0.25, 0.3) is 0 Å². The summed E-state index contributed by atoms with van der Waals surface area (Å²) in [5.74, 6) is -0.114. The summed E-state index contributed by atoms with van der Waals surface area (Å²) in [6.45, 7) is -0.236. The van der Waals surface area contributed by atoms with Gasteiger partial charge in [-0.25, -0.2) is 4.99 Å². The fourth-order valence-electron chi connectivity index (χ4n) is 2.29. The molecule has 0 radical (unpaired) electrons. The number of aliphatic hydroxyl groups excluding tert-OH is 1. The number of nitrogens with one attached hydrogen (secondary N) is 2. The highest BCUT2D eigenvalue weighted by molar-refractivity contribution is 5.88. The molecule has 0 aromatic heterocycles. The van der Waals surface area contributed by atoms with Crippen LogP contribution in [0.2, 0.25) is 0 Å². The maximum Gasteiger partial charge on any atom is 0.249 e. The number of phenols is 1. The molecule has 7 heteroatoms. The molecule has 1 aliphatic heterocycles. The SMILES string of the molecule is CNC1=CN=CN(C)C1C(=O)NC(CO)c1ccc(O)cc1. The summed E-state index contributed by atoms with van der Waals surface area (Å²) < 4.78 is 0. The molecule has 4 N–H and O–H groups in total. The van der Waals surface area contributed by atoms with Crippen LogP contribution < -0.4 is 10.6 Å². The van der Waals surface area contributed by atoms with E-state index in [9.17, 15) is 15.0 Å². The average Bonchev–Trinajstić information content (AvgIpc) is 2.53. The van der Waals surface area contributed by atoms with Gasteiger partial charge >= 0.3 is 0 Å². The first-order valence-electron chi connectivity index (χ1n) is 6.90. The van der Waals surface area contributed by atoms with E-state index >= 15 is 0 Å². The monoisotopic (exact) mass is 304 g/mol. The summed E-state index contributed by atoms with van der Waals surface area (Å²) in [7, 11) is 3.48. The van der Waals surface area contributed by atoms with Crippen LogP contribution in [0.4, 0.5) is 0 Å². The molecule has 2 rings (SSSR count). The van der Waals surface area contributed by atoms with Crippen molar-refractivity contribution < 1.29 is 15.0 Å². The second kappa shape index (κ2) is 6.95. The van der Waals surface area contributed by atoms with Crippen LogP contribution in [0.15, 0.2) is 41.2 Å². The zero-order valence-corrected chi connectivity index (χ0v) is 12.5. The predicted molar refractivity (Wildman–Crippen MR) is 83.3 cm³/mol. The van der Waals surface area contributed by atoms with E-state index < -0.39 is 12.1 Å². The number of carbonyl (C=O) groups excluding carboxylic acids is 1. The van der Waals surface area contributed by atoms with Crippen molar-refractivity contribution >= 4 is 12.2 Å². The normalized spacial score (nSPS) is 18.6. The number of aromatic hydroxyl groups is 1. The lowest BCUT2D eigenvalue weighted by atomic mass is 10.1. The molecular weight excluding hydrogens is 284 g/mol. The van der Waals surface area contributed by atoms with Crippen molar-refractivity contribution in [2.24, 2.45) is 4.99 Å². The lowest BCUT2D eigenvalue weighted by Gasteiger charge is -2.30. The Morgan fingerprint density at radius 1 is 1.41 bits per heavy atom. The molecule has 0 saturated carbocycles. The maximum atomic E-state index is 12.5. The van der Waals surface area contributed by atoms with Crippen LogP contribution in [0.1, 0.15) is 11.6 Å². The van der Waals surface area contributed by atoms with E-state index in [1.807, 2.05) is 0 Å². The molecule has 2 unspecified atom stereocenters. The molecule has 0 fully saturated rings. The van der Waals surface area contributed by atoms with Gasteiger partial charge in [-0.2, -0.15) is 0 Å². The van der Waals surface area contributed by atoms with Crippen molar-refractivity contribution in [3.05, 3.63) is 41.7 Å². The number of amides is 1. The number of hydrogen-bond donors (Lipinski definition) is 4. The van der Waals surface area contributed by atoms with Crippen molar-refractivity contribution in [2.75, 3.05) is 20.7 Å². The van der Waals surface area contributed by atoms with Gasteiger partial charge in [-0.1, -0.05) is 12.1 Å². The maximum absolute atomic E-state index is 12.5. The third kappa shape index (κ3) is 3.37. The largest absolute Gasteiger partial charge is 0.508 e. The van der Waals surface area contributed by atoms with E-state index in [1.165, 1.54) is 12.1 Å². The fourth-order valence-corrected chi connectivity index (χ4v) is 2.29. The predicted octanol–water partition coefficient (Wildman–Crippen LogP) is -0.0551. The quantitative estimate of drug-likeness (QED) is 0.611. The summed E-state index contributed by atoms with van der Waals surface area (Å²) in [5.41, 5.74) is 1.39. The summed E-state index contributed by atoms with van der Waals surface area (Å²) >= 11 is 0. The highest BCUT2D eigenvalue weighted by atomic mass is 16.3. The van der Waals surface area contributed by atoms with Gasteiger partial charge in [0.25, 0.3) is 0 Å². The minimum atomic E-state index is -0.543. The molecule has 2 atom stereocenters.